The van der Waals surface area contributed by atoms with Crippen molar-refractivity contribution in [2.24, 2.45) is 0 Å². The molecule has 0 saturated heterocycles. The van der Waals surface area contributed by atoms with Crippen molar-refractivity contribution in [1.29, 1.82) is 0 Å². The van der Waals surface area contributed by atoms with Crippen LogP contribution in [-0.4, -0.2) is 29.3 Å². The molecule has 1 heterocycles. The van der Waals surface area contributed by atoms with Gasteiger partial charge >= 0.3 is 0 Å². The summed E-state index contributed by atoms with van der Waals surface area (Å²) in [5.41, 5.74) is 0.689. The van der Waals surface area contributed by atoms with Crippen molar-refractivity contribution in [3.8, 4) is 23.0 Å². The van der Waals surface area contributed by atoms with Gasteiger partial charge in [0.25, 0.3) is 5.91 Å². The van der Waals surface area contributed by atoms with E-state index < -0.39 is 5.91 Å². The van der Waals surface area contributed by atoms with Gasteiger partial charge in [0.15, 0.2) is 11.5 Å². The number of amides is 1. The summed E-state index contributed by atoms with van der Waals surface area (Å²) in [6.45, 7) is 0.964. The molecular weight excluding hydrogens is 274 g/mol. The maximum absolute atomic E-state index is 12.1. The largest absolute Gasteiger partial charge is 0.508 e. The van der Waals surface area contributed by atoms with E-state index in [1.165, 1.54) is 12.1 Å². The molecule has 21 heavy (non-hydrogen) atoms. The number of nitrogens with one attached hydrogen (secondary N) is 1. The van der Waals surface area contributed by atoms with Gasteiger partial charge in [0, 0.05) is 23.4 Å². The summed E-state index contributed by atoms with van der Waals surface area (Å²) in [4.78, 5) is 12.1. The molecule has 6 nitrogen and oxygen atoms in total. The van der Waals surface area contributed by atoms with Gasteiger partial charge in [-0.15, -0.1) is 0 Å². The maximum atomic E-state index is 12.1. The van der Waals surface area contributed by atoms with Crippen molar-refractivity contribution >= 4 is 11.6 Å². The summed E-state index contributed by atoms with van der Waals surface area (Å²) in [5, 5.41) is 21.4. The zero-order valence-electron chi connectivity index (χ0n) is 11.0. The normalized spacial score (nSPS) is 12.8. The molecule has 1 aliphatic heterocycles. The Labute approximate surface area is 120 Å². The number of phenolic OH excluding ortho intramolecular Hbond substituents is 2. The van der Waals surface area contributed by atoms with Crippen molar-refractivity contribution in [1.82, 2.24) is 0 Å². The topological polar surface area (TPSA) is 88.0 Å². The number of anilines is 1. The number of carbonyl (C=O) groups excluding carboxylic acids is 1. The molecule has 0 radical (unpaired) electrons. The second-order valence-corrected chi connectivity index (χ2v) is 4.55. The molecule has 0 spiro atoms. The number of benzene rings is 2. The molecule has 2 aromatic rings. The van der Waals surface area contributed by atoms with Crippen LogP contribution in [0.3, 0.4) is 0 Å². The predicted molar refractivity (Wildman–Crippen MR) is 75.2 cm³/mol. The first kappa shape index (κ1) is 13.1. The van der Waals surface area contributed by atoms with Gasteiger partial charge in [0.05, 0.1) is 0 Å². The molecule has 1 aliphatic rings. The number of fused-ring (bicyclic) bond motifs is 1. The molecule has 0 aromatic heterocycles. The van der Waals surface area contributed by atoms with Gasteiger partial charge in [-0.3, -0.25) is 4.79 Å². The van der Waals surface area contributed by atoms with Crippen LogP contribution in [-0.2, 0) is 0 Å². The summed E-state index contributed by atoms with van der Waals surface area (Å²) in [6.07, 6.45) is 0. The van der Waals surface area contributed by atoms with Crippen molar-refractivity contribution in [2.45, 2.75) is 0 Å². The lowest BCUT2D eigenvalue weighted by molar-refractivity contribution is 0.102. The Kier molecular flexibility index (Phi) is 3.27. The van der Waals surface area contributed by atoms with E-state index in [-0.39, 0.29) is 17.1 Å². The number of hydrogen-bond donors (Lipinski definition) is 3. The first-order chi connectivity index (χ1) is 10.1. The fraction of sp³-hybridized carbons (Fsp3) is 0.133. The summed E-state index contributed by atoms with van der Waals surface area (Å²) in [5.74, 6) is 0.398. The minimum Gasteiger partial charge on any atom is -0.508 e. The molecule has 6 heteroatoms. The third-order valence-electron chi connectivity index (χ3n) is 2.96. The van der Waals surface area contributed by atoms with Gasteiger partial charge in [-0.25, -0.2) is 0 Å². The minimum atomic E-state index is -0.446. The zero-order chi connectivity index (χ0) is 14.8. The number of phenols is 2. The third kappa shape index (κ3) is 2.84. The molecule has 3 N–H and O–H groups in total. The average Bonchev–Trinajstić information content (AvgIpc) is 2.46. The highest BCUT2D eigenvalue weighted by Crippen LogP contribution is 2.32. The summed E-state index contributed by atoms with van der Waals surface area (Å²) >= 11 is 0. The van der Waals surface area contributed by atoms with Crippen LogP contribution in [0.4, 0.5) is 5.69 Å². The summed E-state index contributed by atoms with van der Waals surface area (Å²) < 4.78 is 10.8. The van der Waals surface area contributed by atoms with Crippen molar-refractivity contribution < 1.29 is 24.5 Å². The Morgan fingerprint density at radius 2 is 1.62 bits per heavy atom. The molecule has 108 valence electrons. The monoisotopic (exact) mass is 287 g/mol. The van der Waals surface area contributed by atoms with E-state index in [2.05, 4.69) is 5.32 Å². The first-order valence-corrected chi connectivity index (χ1v) is 6.36. The average molecular weight is 287 g/mol. The van der Waals surface area contributed by atoms with Gasteiger partial charge < -0.3 is 25.0 Å². The van der Waals surface area contributed by atoms with Crippen LogP contribution in [0.5, 0.6) is 23.0 Å². The van der Waals surface area contributed by atoms with Gasteiger partial charge in [-0.1, -0.05) is 0 Å². The highest BCUT2D eigenvalue weighted by atomic mass is 16.6. The Hall–Kier alpha value is -2.89. The van der Waals surface area contributed by atoms with Crippen LogP contribution in [0.15, 0.2) is 36.4 Å². The third-order valence-corrected chi connectivity index (χ3v) is 2.96. The number of rotatable bonds is 2. The van der Waals surface area contributed by atoms with Crippen LogP contribution in [0, 0.1) is 0 Å². The molecule has 2 aromatic carbocycles. The number of aromatic hydroxyl groups is 2. The second kappa shape index (κ2) is 5.24. The molecule has 0 aliphatic carbocycles. The summed E-state index contributed by atoms with van der Waals surface area (Å²) in [6, 6.07) is 8.76. The van der Waals surface area contributed by atoms with E-state index in [1.54, 1.807) is 18.2 Å². The van der Waals surface area contributed by atoms with Gasteiger partial charge in [-0.05, 0) is 24.3 Å². The highest BCUT2D eigenvalue weighted by Gasteiger charge is 2.14. The Bertz CT molecular complexity index is 678. The van der Waals surface area contributed by atoms with Gasteiger partial charge in [0.1, 0.15) is 24.7 Å². The first-order valence-electron chi connectivity index (χ1n) is 6.36. The smallest absolute Gasteiger partial charge is 0.255 e. The maximum Gasteiger partial charge on any atom is 0.255 e. The lowest BCUT2D eigenvalue weighted by Gasteiger charge is -2.19. The SMILES string of the molecule is O=C(Nc1ccc2c(c1)OCCO2)c1cc(O)cc(O)c1. The lowest BCUT2D eigenvalue weighted by Crippen LogP contribution is -2.16. The highest BCUT2D eigenvalue weighted by molar-refractivity contribution is 6.04. The minimum absolute atomic E-state index is 0.155. The van der Waals surface area contributed by atoms with E-state index >= 15 is 0 Å². The molecular formula is C15H13NO5. The number of ether oxygens (including phenoxy) is 2. The van der Waals surface area contributed by atoms with E-state index in [0.717, 1.165) is 6.07 Å². The molecule has 0 atom stereocenters. The number of hydrogen-bond acceptors (Lipinski definition) is 5. The molecule has 3 rings (SSSR count). The zero-order valence-corrected chi connectivity index (χ0v) is 11.0. The van der Waals surface area contributed by atoms with Crippen LogP contribution < -0.4 is 14.8 Å². The molecule has 1 amide bonds. The van der Waals surface area contributed by atoms with Crippen LogP contribution in [0.25, 0.3) is 0 Å². The van der Waals surface area contributed by atoms with Crippen molar-refractivity contribution in [3.05, 3.63) is 42.0 Å². The van der Waals surface area contributed by atoms with Gasteiger partial charge in [-0.2, -0.15) is 0 Å². The number of carbonyl (C=O) groups is 1. The van der Waals surface area contributed by atoms with Crippen LogP contribution in [0.1, 0.15) is 10.4 Å². The molecule has 0 bridgehead atoms. The quantitative estimate of drug-likeness (QED) is 0.787. The molecule has 0 fully saturated rings. The van der Waals surface area contributed by atoms with Crippen molar-refractivity contribution in [3.63, 3.8) is 0 Å². The van der Waals surface area contributed by atoms with Crippen LogP contribution in [0.2, 0.25) is 0 Å². The van der Waals surface area contributed by atoms with E-state index in [4.69, 9.17) is 9.47 Å². The molecule has 0 saturated carbocycles. The van der Waals surface area contributed by atoms with E-state index in [0.29, 0.717) is 30.4 Å². The van der Waals surface area contributed by atoms with E-state index in [9.17, 15) is 15.0 Å². The van der Waals surface area contributed by atoms with Gasteiger partial charge in [0.2, 0.25) is 0 Å². The lowest BCUT2D eigenvalue weighted by atomic mass is 10.1. The fourth-order valence-corrected chi connectivity index (χ4v) is 2.05. The van der Waals surface area contributed by atoms with Crippen molar-refractivity contribution in [2.75, 3.05) is 18.5 Å². The standard InChI is InChI=1S/C15H13NO5/c17-11-5-9(6-12(18)8-11)15(19)16-10-1-2-13-14(7-10)21-4-3-20-13/h1-2,5-8,17-18H,3-4H2,(H,16,19). The fourth-order valence-electron chi connectivity index (χ4n) is 2.05. The Morgan fingerprint density at radius 3 is 2.33 bits per heavy atom. The Morgan fingerprint density at radius 1 is 0.952 bits per heavy atom. The summed E-state index contributed by atoms with van der Waals surface area (Å²) in [7, 11) is 0. The molecule has 0 unspecified atom stereocenters. The van der Waals surface area contributed by atoms with E-state index in [1.807, 2.05) is 0 Å². The van der Waals surface area contributed by atoms with Crippen LogP contribution >= 0.6 is 0 Å². The Balaban J connectivity index is 1.81. The predicted octanol–water partition coefficient (Wildman–Crippen LogP) is 2.12. The second-order valence-electron chi connectivity index (χ2n) is 4.55.